The summed E-state index contributed by atoms with van der Waals surface area (Å²) < 4.78 is 11.0. The Hall–Kier alpha value is -2.04. The number of methoxy groups -OCH3 is 2. The van der Waals surface area contributed by atoms with Gasteiger partial charge in [0.2, 0.25) is 0 Å². The van der Waals surface area contributed by atoms with Gasteiger partial charge in [0.25, 0.3) is 0 Å². The molecule has 2 fully saturated rings. The van der Waals surface area contributed by atoms with Crippen molar-refractivity contribution in [1.82, 2.24) is 0 Å². The van der Waals surface area contributed by atoms with Crippen LogP contribution in [0.3, 0.4) is 0 Å². The molecule has 1 heterocycles. The van der Waals surface area contributed by atoms with Crippen LogP contribution < -0.4 is 4.90 Å². The second-order valence-electron chi connectivity index (χ2n) is 9.79. The summed E-state index contributed by atoms with van der Waals surface area (Å²) in [5.41, 5.74) is 5.93. The Morgan fingerprint density at radius 2 is 1.68 bits per heavy atom. The van der Waals surface area contributed by atoms with Crippen LogP contribution in [0.1, 0.15) is 61.1 Å². The Bertz CT molecular complexity index is 893. The number of aryl methyl sites for hydroxylation is 1. The maximum Gasteiger partial charge on any atom is 0.159 e. The lowest BCUT2D eigenvalue weighted by atomic mass is 9.52. The van der Waals surface area contributed by atoms with Gasteiger partial charge in [0, 0.05) is 44.8 Å². The molecule has 0 aromatic heterocycles. The average molecular weight is 422 g/mol. The molecule has 0 radical (unpaired) electrons. The molecule has 166 valence electrons. The van der Waals surface area contributed by atoms with Gasteiger partial charge >= 0.3 is 0 Å². The summed E-state index contributed by atoms with van der Waals surface area (Å²) in [6.07, 6.45) is 8.43. The fourth-order valence-corrected chi connectivity index (χ4v) is 6.44. The number of anilines is 1. The van der Waals surface area contributed by atoms with E-state index in [2.05, 4.69) is 35.2 Å². The van der Waals surface area contributed by atoms with Gasteiger partial charge in [-0.05, 0) is 84.9 Å². The minimum Gasteiger partial charge on any atom is -0.508 e. The highest BCUT2D eigenvalue weighted by Crippen LogP contribution is 2.60. The van der Waals surface area contributed by atoms with E-state index in [1.165, 1.54) is 48.1 Å². The van der Waals surface area contributed by atoms with E-state index < -0.39 is 0 Å². The van der Waals surface area contributed by atoms with Crippen molar-refractivity contribution in [3.63, 3.8) is 0 Å². The Morgan fingerprint density at radius 3 is 2.29 bits per heavy atom. The second-order valence-corrected chi connectivity index (χ2v) is 9.79. The summed E-state index contributed by atoms with van der Waals surface area (Å²) in [7, 11) is 3.47. The summed E-state index contributed by atoms with van der Waals surface area (Å²) in [6, 6.07) is 15.4. The third-order valence-corrected chi connectivity index (χ3v) is 8.27. The van der Waals surface area contributed by atoms with Crippen LogP contribution in [0.25, 0.3) is 0 Å². The van der Waals surface area contributed by atoms with Crippen LogP contribution in [0, 0.1) is 11.3 Å². The number of nitrogens with zero attached hydrogens (tertiary/aromatic N) is 1. The van der Waals surface area contributed by atoms with Crippen molar-refractivity contribution >= 4 is 5.69 Å². The first-order chi connectivity index (χ1) is 15.1. The first-order valence-corrected chi connectivity index (χ1v) is 11.9. The molecule has 5 rings (SSSR count). The number of phenolic OH excluding ortho intramolecular Hbond substituents is 1. The van der Waals surface area contributed by atoms with Crippen molar-refractivity contribution in [3.05, 3.63) is 59.2 Å². The van der Waals surface area contributed by atoms with Crippen LogP contribution in [0.15, 0.2) is 42.5 Å². The third kappa shape index (κ3) is 3.74. The highest BCUT2D eigenvalue weighted by molar-refractivity contribution is 5.52. The van der Waals surface area contributed by atoms with Crippen molar-refractivity contribution in [2.45, 2.75) is 57.2 Å². The minimum atomic E-state index is -0.0889. The van der Waals surface area contributed by atoms with Crippen molar-refractivity contribution in [2.75, 3.05) is 32.2 Å². The zero-order valence-corrected chi connectivity index (χ0v) is 18.8. The molecule has 0 bridgehead atoms. The number of benzene rings is 2. The average Bonchev–Trinajstić information content (AvgIpc) is 2.78. The first kappa shape index (κ1) is 20.8. The number of piperidine rings is 1. The van der Waals surface area contributed by atoms with E-state index in [-0.39, 0.29) is 6.29 Å². The van der Waals surface area contributed by atoms with Gasteiger partial charge in [-0.15, -0.1) is 0 Å². The van der Waals surface area contributed by atoms with Gasteiger partial charge in [-0.1, -0.05) is 24.6 Å². The molecule has 1 saturated heterocycles. The van der Waals surface area contributed by atoms with E-state index in [4.69, 9.17) is 9.47 Å². The summed E-state index contributed by atoms with van der Waals surface area (Å²) in [4.78, 5) is 2.49. The summed E-state index contributed by atoms with van der Waals surface area (Å²) in [6.45, 7) is 2.09. The van der Waals surface area contributed by atoms with Crippen LogP contribution in [0.4, 0.5) is 5.69 Å². The van der Waals surface area contributed by atoms with Gasteiger partial charge in [-0.25, -0.2) is 0 Å². The highest BCUT2D eigenvalue weighted by Gasteiger charge is 2.47. The van der Waals surface area contributed by atoms with Gasteiger partial charge in [-0.3, -0.25) is 0 Å². The lowest BCUT2D eigenvalue weighted by molar-refractivity contribution is -0.141. The first-order valence-electron chi connectivity index (χ1n) is 11.9. The van der Waals surface area contributed by atoms with Crippen LogP contribution in [-0.2, 0) is 15.9 Å². The van der Waals surface area contributed by atoms with Crippen LogP contribution in [-0.4, -0.2) is 38.7 Å². The minimum absolute atomic E-state index is 0.0889. The quantitative estimate of drug-likeness (QED) is 0.650. The zero-order valence-electron chi connectivity index (χ0n) is 18.8. The Morgan fingerprint density at radius 1 is 0.968 bits per heavy atom. The second kappa shape index (κ2) is 8.48. The molecule has 1 aliphatic heterocycles. The predicted molar refractivity (Wildman–Crippen MR) is 124 cm³/mol. The highest BCUT2D eigenvalue weighted by atomic mass is 16.7. The Balaban J connectivity index is 1.35. The molecule has 2 aromatic rings. The van der Waals surface area contributed by atoms with Gasteiger partial charge in [0.15, 0.2) is 6.29 Å². The fraction of sp³-hybridized carbons (Fsp3) is 0.556. The number of fused-ring (bicyclic) bond motifs is 1. The normalized spacial score (nSPS) is 23.1. The van der Waals surface area contributed by atoms with Gasteiger partial charge in [0.05, 0.1) is 0 Å². The SMILES string of the molecule is COC(OC)C1CCN(c2ccc(C3c4ccc(O)cc4CCC34CCC4)cc2)CC1. The molecule has 4 nitrogen and oxygen atoms in total. The molecule has 1 N–H and O–H groups in total. The monoisotopic (exact) mass is 421 g/mol. The number of aromatic hydroxyl groups is 1. The molecule has 1 unspecified atom stereocenters. The van der Waals surface area contributed by atoms with Crippen molar-refractivity contribution in [2.24, 2.45) is 11.3 Å². The molecule has 31 heavy (non-hydrogen) atoms. The maximum absolute atomic E-state index is 9.99. The predicted octanol–water partition coefficient (Wildman–Crippen LogP) is 5.48. The van der Waals surface area contributed by atoms with Crippen LogP contribution in [0.5, 0.6) is 5.75 Å². The van der Waals surface area contributed by atoms with Gasteiger partial charge < -0.3 is 19.5 Å². The smallest absolute Gasteiger partial charge is 0.159 e. The molecular weight excluding hydrogens is 386 g/mol. The van der Waals surface area contributed by atoms with E-state index in [9.17, 15) is 5.11 Å². The number of hydrogen-bond donors (Lipinski definition) is 1. The molecule has 0 amide bonds. The Labute approximate surface area is 186 Å². The molecule has 4 heteroatoms. The van der Waals surface area contributed by atoms with Crippen molar-refractivity contribution in [1.29, 1.82) is 0 Å². The molecule has 1 atom stereocenters. The lowest BCUT2D eigenvalue weighted by Gasteiger charge is -2.52. The van der Waals surface area contributed by atoms with E-state index in [0.717, 1.165) is 32.4 Å². The molecule has 3 aliphatic rings. The Kier molecular flexibility index (Phi) is 5.70. The molecule has 1 spiro atoms. The van der Waals surface area contributed by atoms with E-state index in [1.54, 1.807) is 14.2 Å². The van der Waals surface area contributed by atoms with Crippen molar-refractivity contribution < 1.29 is 14.6 Å². The number of rotatable bonds is 5. The van der Waals surface area contributed by atoms with E-state index >= 15 is 0 Å². The van der Waals surface area contributed by atoms with Gasteiger partial charge in [0.1, 0.15) is 5.75 Å². The maximum atomic E-state index is 9.99. The number of hydrogen-bond acceptors (Lipinski definition) is 4. The fourth-order valence-electron chi connectivity index (χ4n) is 6.44. The van der Waals surface area contributed by atoms with Crippen LogP contribution in [0.2, 0.25) is 0 Å². The number of ether oxygens (including phenoxy) is 2. The summed E-state index contributed by atoms with van der Waals surface area (Å²) in [5, 5.41) is 9.99. The van der Waals surface area contributed by atoms with Crippen molar-refractivity contribution in [3.8, 4) is 5.75 Å². The van der Waals surface area contributed by atoms with E-state index in [1.807, 2.05) is 12.1 Å². The number of phenols is 1. The third-order valence-electron chi connectivity index (χ3n) is 8.27. The van der Waals surface area contributed by atoms with Crippen LogP contribution >= 0.6 is 0 Å². The topological polar surface area (TPSA) is 41.9 Å². The molecule has 2 aliphatic carbocycles. The largest absolute Gasteiger partial charge is 0.508 e. The summed E-state index contributed by atoms with van der Waals surface area (Å²) in [5.74, 6) is 1.32. The van der Waals surface area contributed by atoms with E-state index in [0.29, 0.717) is 23.0 Å². The standard InChI is InChI=1S/C27H35NO3/c1-30-26(31-2)20-11-16-28(17-12-20)22-6-4-19(5-7-22)25-24-9-8-23(29)18-21(24)10-15-27(25)13-3-14-27/h4-9,18,20,25-26,29H,3,10-17H2,1-2H3. The summed E-state index contributed by atoms with van der Waals surface area (Å²) >= 11 is 0. The molecule has 1 saturated carbocycles. The zero-order chi connectivity index (χ0) is 21.4. The molecule has 2 aromatic carbocycles. The van der Waals surface area contributed by atoms with Gasteiger partial charge in [-0.2, -0.15) is 0 Å². The lowest BCUT2D eigenvalue weighted by Crippen LogP contribution is -2.40. The molecular formula is C27H35NO3.